The Balaban J connectivity index is 2.55. The smallest absolute Gasteiger partial charge is 0.322 e. The summed E-state index contributed by atoms with van der Waals surface area (Å²) in [5.41, 5.74) is 0.986. The number of hydrogen-bond donors (Lipinski definition) is 2. The van der Waals surface area contributed by atoms with Gasteiger partial charge in [-0.3, -0.25) is 9.59 Å². The Bertz CT molecular complexity index is 431. The Morgan fingerprint density at radius 3 is 2.78 bits per heavy atom. The molecule has 0 spiro atoms. The molecule has 0 aliphatic heterocycles. The summed E-state index contributed by atoms with van der Waals surface area (Å²) in [4.78, 5) is 21.8. The number of aliphatic carboxylic acids is 1. The standard InChI is InChI=1S/C13H17NO4/c1-9(6-12(15)14-8-13(16)17)10-4-3-5-11(7-10)18-2/h3-5,7,9H,6,8H2,1-2H3,(H,14,15)(H,16,17). The van der Waals surface area contributed by atoms with Crippen LogP contribution < -0.4 is 10.1 Å². The minimum atomic E-state index is -1.04. The van der Waals surface area contributed by atoms with Crippen molar-refractivity contribution in [2.24, 2.45) is 0 Å². The normalized spacial score (nSPS) is 11.7. The maximum atomic E-state index is 11.5. The van der Waals surface area contributed by atoms with E-state index in [9.17, 15) is 9.59 Å². The van der Waals surface area contributed by atoms with Gasteiger partial charge in [0, 0.05) is 6.42 Å². The van der Waals surface area contributed by atoms with Gasteiger partial charge in [-0.2, -0.15) is 0 Å². The molecule has 1 unspecified atom stereocenters. The summed E-state index contributed by atoms with van der Waals surface area (Å²) in [6.07, 6.45) is 0.250. The lowest BCUT2D eigenvalue weighted by molar-refractivity contribution is -0.138. The highest BCUT2D eigenvalue weighted by Gasteiger charge is 2.12. The lowest BCUT2D eigenvalue weighted by Crippen LogP contribution is -2.29. The van der Waals surface area contributed by atoms with E-state index in [1.165, 1.54) is 0 Å². The number of carboxylic acids is 1. The second kappa shape index (κ2) is 6.64. The molecule has 1 rings (SSSR count). The molecule has 0 aliphatic rings. The first-order chi connectivity index (χ1) is 8.52. The van der Waals surface area contributed by atoms with Crippen molar-refractivity contribution < 1.29 is 19.4 Å². The van der Waals surface area contributed by atoms with Crippen LogP contribution in [0.5, 0.6) is 5.75 Å². The molecule has 2 N–H and O–H groups in total. The van der Waals surface area contributed by atoms with Crippen LogP contribution in [0.25, 0.3) is 0 Å². The first kappa shape index (κ1) is 14.0. The van der Waals surface area contributed by atoms with Crippen molar-refractivity contribution in [1.29, 1.82) is 0 Å². The number of carboxylic acid groups (broad SMARTS) is 1. The van der Waals surface area contributed by atoms with Crippen LogP contribution >= 0.6 is 0 Å². The number of methoxy groups -OCH3 is 1. The maximum absolute atomic E-state index is 11.5. The number of rotatable bonds is 6. The van der Waals surface area contributed by atoms with Crippen molar-refractivity contribution in [2.75, 3.05) is 13.7 Å². The first-order valence-corrected chi connectivity index (χ1v) is 5.65. The monoisotopic (exact) mass is 251 g/mol. The lowest BCUT2D eigenvalue weighted by atomic mass is 9.97. The van der Waals surface area contributed by atoms with Crippen LogP contribution in [0.4, 0.5) is 0 Å². The van der Waals surface area contributed by atoms with E-state index in [0.717, 1.165) is 11.3 Å². The van der Waals surface area contributed by atoms with Crippen LogP contribution in [-0.4, -0.2) is 30.6 Å². The first-order valence-electron chi connectivity index (χ1n) is 5.65. The third-order valence-electron chi connectivity index (χ3n) is 2.59. The molecule has 1 amide bonds. The van der Waals surface area contributed by atoms with Gasteiger partial charge in [0.15, 0.2) is 0 Å². The second-order valence-corrected chi connectivity index (χ2v) is 4.05. The summed E-state index contributed by atoms with van der Waals surface area (Å²) in [5.74, 6) is -0.565. The van der Waals surface area contributed by atoms with Crippen molar-refractivity contribution in [3.8, 4) is 5.75 Å². The summed E-state index contributed by atoms with van der Waals surface area (Å²) in [6.45, 7) is 1.57. The van der Waals surface area contributed by atoms with Crippen molar-refractivity contribution in [3.05, 3.63) is 29.8 Å². The van der Waals surface area contributed by atoms with Crippen molar-refractivity contribution in [2.45, 2.75) is 19.3 Å². The third kappa shape index (κ3) is 4.45. The predicted octanol–water partition coefficient (Wildman–Crippen LogP) is 1.39. The molecular weight excluding hydrogens is 234 g/mol. The summed E-state index contributed by atoms with van der Waals surface area (Å²) in [6, 6.07) is 7.48. The van der Waals surface area contributed by atoms with E-state index in [4.69, 9.17) is 9.84 Å². The molecule has 0 heterocycles. The van der Waals surface area contributed by atoms with Gasteiger partial charge in [-0.15, -0.1) is 0 Å². The Labute approximate surface area is 106 Å². The van der Waals surface area contributed by atoms with Gasteiger partial charge in [0.2, 0.25) is 5.91 Å². The Morgan fingerprint density at radius 2 is 2.17 bits per heavy atom. The quantitative estimate of drug-likeness (QED) is 0.801. The summed E-state index contributed by atoms with van der Waals surface area (Å²) in [5, 5.41) is 10.8. The summed E-state index contributed by atoms with van der Waals surface area (Å²) in [7, 11) is 1.59. The van der Waals surface area contributed by atoms with E-state index < -0.39 is 5.97 Å². The van der Waals surface area contributed by atoms with Gasteiger partial charge in [0.1, 0.15) is 12.3 Å². The molecule has 0 aliphatic carbocycles. The van der Waals surface area contributed by atoms with Crippen LogP contribution in [0.3, 0.4) is 0 Å². The molecule has 0 saturated carbocycles. The average Bonchev–Trinajstić information content (AvgIpc) is 2.36. The van der Waals surface area contributed by atoms with Gasteiger partial charge >= 0.3 is 5.97 Å². The Hall–Kier alpha value is -2.04. The molecule has 1 aromatic carbocycles. The molecule has 0 fully saturated rings. The van der Waals surface area contributed by atoms with Gasteiger partial charge < -0.3 is 15.2 Å². The summed E-state index contributed by atoms with van der Waals surface area (Å²) < 4.78 is 5.11. The molecule has 0 aromatic heterocycles. The second-order valence-electron chi connectivity index (χ2n) is 4.05. The zero-order valence-corrected chi connectivity index (χ0v) is 10.5. The van der Waals surface area contributed by atoms with E-state index in [1.54, 1.807) is 7.11 Å². The number of carbonyl (C=O) groups is 2. The fourth-order valence-electron chi connectivity index (χ4n) is 1.59. The maximum Gasteiger partial charge on any atom is 0.322 e. The van der Waals surface area contributed by atoms with Crippen LogP contribution in [0.1, 0.15) is 24.8 Å². The van der Waals surface area contributed by atoms with E-state index in [0.29, 0.717) is 0 Å². The van der Waals surface area contributed by atoms with Crippen LogP contribution in [0, 0.1) is 0 Å². The third-order valence-corrected chi connectivity index (χ3v) is 2.59. The van der Waals surface area contributed by atoms with E-state index in [1.807, 2.05) is 31.2 Å². The van der Waals surface area contributed by atoms with E-state index in [2.05, 4.69) is 5.32 Å². The van der Waals surface area contributed by atoms with Gasteiger partial charge in [-0.05, 0) is 23.6 Å². The van der Waals surface area contributed by atoms with Crippen LogP contribution in [0.15, 0.2) is 24.3 Å². The molecule has 18 heavy (non-hydrogen) atoms. The molecule has 0 radical (unpaired) electrons. The van der Waals surface area contributed by atoms with Gasteiger partial charge in [0.25, 0.3) is 0 Å². The number of amides is 1. The SMILES string of the molecule is COc1cccc(C(C)CC(=O)NCC(=O)O)c1. The van der Waals surface area contributed by atoms with Crippen LogP contribution in [0.2, 0.25) is 0 Å². The molecular formula is C13H17NO4. The fraction of sp³-hybridized carbons (Fsp3) is 0.385. The minimum absolute atomic E-state index is 0.00824. The molecule has 0 saturated heterocycles. The summed E-state index contributed by atoms with van der Waals surface area (Å²) >= 11 is 0. The minimum Gasteiger partial charge on any atom is -0.497 e. The molecule has 1 aromatic rings. The highest BCUT2D eigenvalue weighted by atomic mass is 16.5. The number of benzene rings is 1. The van der Waals surface area contributed by atoms with Crippen LogP contribution in [-0.2, 0) is 9.59 Å². The molecule has 1 atom stereocenters. The zero-order chi connectivity index (χ0) is 13.5. The highest BCUT2D eigenvalue weighted by Crippen LogP contribution is 2.22. The van der Waals surface area contributed by atoms with E-state index >= 15 is 0 Å². The number of nitrogens with one attached hydrogen (secondary N) is 1. The average molecular weight is 251 g/mol. The van der Waals surface area contributed by atoms with Crippen molar-refractivity contribution >= 4 is 11.9 Å². The topological polar surface area (TPSA) is 75.6 Å². The molecule has 0 bridgehead atoms. The van der Waals surface area contributed by atoms with E-state index in [-0.39, 0.29) is 24.8 Å². The van der Waals surface area contributed by atoms with Gasteiger partial charge in [0.05, 0.1) is 7.11 Å². The number of ether oxygens (including phenoxy) is 1. The highest BCUT2D eigenvalue weighted by molar-refractivity contribution is 5.81. The van der Waals surface area contributed by atoms with Gasteiger partial charge in [-0.25, -0.2) is 0 Å². The van der Waals surface area contributed by atoms with Crippen molar-refractivity contribution in [1.82, 2.24) is 5.32 Å². The molecule has 5 heteroatoms. The number of carbonyl (C=O) groups excluding carboxylic acids is 1. The number of hydrogen-bond acceptors (Lipinski definition) is 3. The fourth-order valence-corrected chi connectivity index (χ4v) is 1.59. The lowest BCUT2D eigenvalue weighted by Gasteiger charge is -2.12. The molecule has 5 nitrogen and oxygen atoms in total. The largest absolute Gasteiger partial charge is 0.497 e. The van der Waals surface area contributed by atoms with Gasteiger partial charge in [-0.1, -0.05) is 19.1 Å². The zero-order valence-electron chi connectivity index (χ0n) is 10.5. The Morgan fingerprint density at radius 1 is 1.44 bits per heavy atom. The molecule has 98 valence electrons. The van der Waals surface area contributed by atoms with Crippen molar-refractivity contribution in [3.63, 3.8) is 0 Å². The Kier molecular flexibility index (Phi) is 5.17. The predicted molar refractivity (Wildman–Crippen MR) is 66.7 cm³/mol.